The van der Waals surface area contributed by atoms with Crippen molar-refractivity contribution in [2.45, 2.75) is 17.9 Å². The van der Waals surface area contributed by atoms with Gasteiger partial charge in [0.1, 0.15) is 5.82 Å². The Hall–Kier alpha value is -1.81. The molecule has 1 heterocycles. The maximum atomic E-state index is 13.0. The third-order valence-electron chi connectivity index (χ3n) is 3.28. The maximum Gasteiger partial charge on any atom is 0.228 e. The molecule has 4 heteroatoms. The molecule has 2 nitrogen and oxygen atoms in total. The van der Waals surface area contributed by atoms with Gasteiger partial charge in [-0.2, -0.15) is 0 Å². The second-order valence-electron chi connectivity index (χ2n) is 4.67. The number of fused-ring (bicyclic) bond motifs is 1. The molecule has 0 fully saturated rings. The minimum atomic E-state index is -0.258. The Morgan fingerprint density at radius 2 is 1.85 bits per heavy atom. The van der Waals surface area contributed by atoms with Gasteiger partial charge in [0.2, 0.25) is 5.91 Å². The van der Waals surface area contributed by atoms with E-state index in [2.05, 4.69) is 0 Å². The first kappa shape index (κ1) is 13.2. The fourth-order valence-corrected chi connectivity index (χ4v) is 3.26. The average Bonchev–Trinajstić information content (AvgIpc) is 2.62. The number of anilines is 1. The van der Waals surface area contributed by atoms with Crippen molar-refractivity contribution in [2.75, 3.05) is 10.7 Å². The molecule has 0 unspecified atom stereocenters. The van der Waals surface area contributed by atoms with Crippen molar-refractivity contribution in [3.05, 3.63) is 59.9 Å². The molecule has 0 saturated heterocycles. The van der Waals surface area contributed by atoms with Crippen molar-refractivity contribution in [3.8, 4) is 0 Å². The highest BCUT2D eigenvalue weighted by atomic mass is 32.2. The molecule has 0 spiro atoms. The lowest BCUT2D eigenvalue weighted by atomic mass is 10.2. The molecule has 2 aromatic rings. The van der Waals surface area contributed by atoms with Gasteiger partial charge in [0.25, 0.3) is 0 Å². The van der Waals surface area contributed by atoms with Crippen LogP contribution in [0.4, 0.5) is 10.1 Å². The third kappa shape index (κ3) is 2.70. The Bertz CT molecular complexity index is 627. The molecule has 0 aliphatic carbocycles. The van der Waals surface area contributed by atoms with Gasteiger partial charge in [-0.25, -0.2) is 4.39 Å². The Labute approximate surface area is 121 Å². The van der Waals surface area contributed by atoms with Crippen LogP contribution >= 0.6 is 11.8 Å². The summed E-state index contributed by atoms with van der Waals surface area (Å²) in [6, 6.07) is 14.2. The summed E-state index contributed by atoms with van der Waals surface area (Å²) in [4.78, 5) is 15.2. The zero-order valence-electron chi connectivity index (χ0n) is 10.9. The first-order valence-corrected chi connectivity index (χ1v) is 7.49. The minimum absolute atomic E-state index is 0.117. The smallest absolute Gasteiger partial charge is 0.228 e. The Morgan fingerprint density at radius 1 is 1.10 bits per heavy atom. The zero-order chi connectivity index (χ0) is 13.9. The monoisotopic (exact) mass is 287 g/mol. The molecule has 0 saturated carbocycles. The van der Waals surface area contributed by atoms with Crippen molar-refractivity contribution in [1.29, 1.82) is 0 Å². The number of carbonyl (C=O) groups is 1. The number of hydrogen-bond donors (Lipinski definition) is 0. The second-order valence-corrected chi connectivity index (χ2v) is 5.81. The van der Waals surface area contributed by atoms with E-state index in [-0.39, 0.29) is 11.7 Å². The van der Waals surface area contributed by atoms with Crippen molar-refractivity contribution < 1.29 is 9.18 Å². The zero-order valence-corrected chi connectivity index (χ0v) is 11.7. The summed E-state index contributed by atoms with van der Waals surface area (Å²) in [5.41, 5.74) is 1.88. The van der Waals surface area contributed by atoms with Crippen LogP contribution < -0.4 is 4.90 Å². The van der Waals surface area contributed by atoms with Crippen molar-refractivity contribution in [2.24, 2.45) is 0 Å². The van der Waals surface area contributed by atoms with Crippen LogP contribution in [0.3, 0.4) is 0 Å². The average molecular weight is 287 g/mol. The summed E-state index contributed by atoms with van der Waals surface area (Å²) in [5.74, 6) is 0.661. The number of carbonyl (C=O) groups excluding carboxylic acids is 1. The number of benzene rings is 2. The fourth-order valence-electron chi connectivity index (χ4n) is 2.27. The largest absolute Gasteiger partial charge is 0.307 e. The molecule has 0 bridgehead atoms. The molecule has 0 atom stereocenters. The lowest BCUT2D eigenvalue weighted by molar-refractivity contribution is -0.118. The number of para-hydroxylation sites is 1. The second kappa shape index (κ2) is 5.67. The van der Waals surface area contributed by atoms with E-state index in [1.54, 1.807) is 28.8 Å². The molecule has 1 aliphatic heterocycles. The van der Waals surface area contributed by atoms with Crippen LogP contribution in [0.5, 0.6) is 0 Å². The van der Waals surface area contributed by atoms with E-state index in [1.165, 1.54) is 12.1 Å². The summed E-state index contributed by atoms with van der Waals surface area (Å²) < 4.78 is 13.0. The number of thioether (sulfide) groups is 1. The molecule has 3 rings (SSSR count). The van der Waals surface area contributed by atoms with E-state index >= 15 is 0 Å². The van der Waals surface area contributed by atoms with Crippen LogP contribution in [0.25, 0.3) is 0 Å². The van der Waals surface area contributed by atoms with Crippen LogP contribution in [0, 0.1) is 5.82 Å². The van der Waals surface area contributed by atoms with E-state index in [9.17, 15) is 9.18 Å². The predicted molar refractivity (Wildman–Crippen MR) is 79.4 cm³/mol. The van der Waals surface area contributed by atoms with Crippen LogP contribution in [0.15, 0.2) is 53.4 Å². The number of hydrogen-bond acceptors (Lipinski definition) is 2. The summed E-state index contributed by atoms with van der Waals surface area (Å²) in [6.45, 7) is 0.483. The van der Waals surface area contributed by atoms with Gasteiger partial charge in [0.15, 0.2) is 0 Å². The molecule has 0 aromatic heterocycles. The molecule has 102 valence electrons. The van der Waals surface area contributed by atoms with Gasteiger partial charge in [0, 0.05) is 17.1 Å². The lowest BCUT2D eigenvalue weighted by Gasteiger charge is -2.22. The molecular weight excluding hydrogens is 273 g/mol. The van der Waals surface area contributed by atoms with Crippen LogP contribution in [-0.2, 0) is 11.3 Å². The van der Waals surface area contributed by atoms with E-state index in [4.69, 9.17) is 0 Å². The SMILES string of the molecule is O=C1CCSc2ccccc2N1Cc1ccc(F)cc1. The summed E-state index contributed by atoms with van der Waals surface area (Å²) in [5, 5.41) is 0. The van der Waals surface area contributed by atoms with Crippen molar-refractivity contribution in [3.63, 3.8) is 0 Å². The fraction of sp³-hybridized carbons (Fsp3) is 0.188. The highest BCUT2D eigenvalue weighted by molar-refractivity contribution is 7.99. The summed E-state index contributed by atoms with van der Waals surface area (Å²) in [6.07, 6.45) is 0.528. The topological polar surface area (TPSA) is 20.3 Å². The number of amides is 1. The van der Waals surface area contributed by atoms with E-state index < -0.39 is 0 Å². The highest BCUT2D eigenvalue weighted by Crippen LogP contribution is 2.34. The number of halogens is 1. The van der Waals surface area contributed by atoms with E-state index in [0.717, 1.165) is 21.9 Å². The molecule has 2 aromatic carbocycles. The van der Waals surface area contributed by atoms with Gasteiger partial charge >= 0.3 is 0 Å². The van der Waals surface area contributed by atoms with Crippen LogP contribution in [0.1, 0.15) is 12.0 Å². The predicted octanol–water partition coefficient (Wildman–Crippen LogP) is 3.85. The van der Waals surface area contributed by atoms with Gasteiger partial charge in [-0.3, -0.25) is 4.79 Å². The Morgan fingerprint density at radius 3 is 2.65 bits per heavy atom. The molecule has 1 amide bonds. The van der Waals surface area contributed by atoms with Crippen molar-refractivity contribution in [1.82, 2.24) is 0 Å². The molecule has 0 radical (unpaired) electrons. The summed E-state index contributed by atoms with van der Waals surface area (Å²) in [7, 11) is 0. The summed E-state index contributed by atoms with van der Waals surface area (Å²) >= 11 is 1.71. The Kier molecular flexibility index (Phi) is 3.74. The van der Waals surface area contributed by atoms with Crippen molar-refractivity contribution >= 4 is 23.4 Å². The number of nitrogens with zero attached hydrogens (tertiary/aromatic N) is 1. The van der Waals surface area contributed by atoms with Gasteiger partial charge in [-0.15, -0.1) is 11.8 Å². The normalized spacial score (nSPS) is 14.8. The van der Waals surface area contributed by atoms with Gasteiger partial charge < -0.3 is 4.90 Å². The third-order valence-corrected chi connectivity index (χ3v) is 4.35. The molecule has 0 N–H and O–H groups in total. The van der Waals surface area contributed by atoms with Gasteiger partial charge in [0.05, 0.1) is 12.2 Å². The van der Waals surface area contributed by atoms with Crippen LogP contribution in [-0.4, -0.2) is 11.7 Å². The molecule has 1 aliphatic rings. The van der Waals surface area contributed by atoms with E-state index in [1.807, 2.05) is 24.3 Å². The highest BCUT2D eigenvalue weighted by Gasteiger charge is 2.22. The van der Waals surface area contributed by atoms with Crippen LogP contribution in [0.2, 0.25) is 0 Å². The van der Waals surface area contributed by atoms with Gasteiger partial charge in [-0.05, 0) is 29.8 Å². The molecule has 20 heavy (non-hydrogen) atoms. The maximum absolute atomic E-state index is 13.0. The quantitative estimate of drug-likeness (QED) is 0.836. The first-order chi connectivity index (χ1) is 9.74. The minimum Gasteiger partial charge on any atom is -0.307 e. The standard InChI is InChI=1S/C16H14FNOS/c17-13-7-5-12(6-8-13)11-18-14-3-1-2-4-15(14)20-10-9-16(18)19/h1-8H,9-11H2. The number of rotatable bonds is 2. The van der Waals surface area contributed by atoms with E-state index in [0.29, 0.717) is 13.0 Å². The first-order valence-electron chi connectivity index (χ1n) is 6.51. The lowest BCUT2D eigenvalue weighted by Crippen LogP contribution is -2.29. The Balaban J connectivity index is 1.94. The molecular formula is C16H14FNOS. The van der Waals surface area contributed by atoms with Gasteiger partial charge in [-0.1, -0.05) is 24.3 Å².